The first-order chi connectivity index (χ1) is 17.2. The van der Waals surface area contributed by atoms with Gasteiger partial charge in [-0.2, -0.15) is 0 Å². The molecular formula is C28H30N4O4. The fourth-order valence-electron chi connectivity index (χ4n) is 5.03. The van der Waals surface area contributed by atoms with E-state index in [9.17, 15) is 9.59 Å². The van der Waals surface area contributed by atoms with Crippen molar-refractivity contribution in [2.45, 2.75) is 58.3 Å². The van der Waals surface area contributed by atoms with Gasteiger partial charge >= 0.3 is 6.03 Å². The van der Waals surface area contributed by atoms with Gasteiger partial charge in [0.15, 0.2) is 5.60 Å². The zero-order valence-electron chi connectivity index (χ0n) is 20.9. The first kappa shape index (κ1) is 23.8. The van der Waals surface area contributed by atoms with Crippen LogP contribution in [-0.2, 0) is 21.8 Å². The number of rotatable bonds is 7. The number of carbonyl (C=O) groups is 2. The Morgan fingerprint density at radius 1 is 1.11 bits per heavy atom. The van der Waals surface area contributed by atoms with Crippen molar-refractivity contribution >= 4 is 28.6 Å². The fourth-order valence-corrected chi connectivity index (χ4v) is 5.03. The topological polar surface area (TPSA) is 102 Å². The zero-order valence-corrected chi connectivity index (χ0v) is 20.9. The summed E-state index contributed by atoms with van der Waals surface area (Å²) >= 11 is 0. The second kappa shape index (κ2) is 8.93. The molecule has 1 saturated heterocycles. The van der Waals surface area contributed by atoms with Gasteiger partial charge < -0.3 is 14.9 Å². The zero-order chi connectivity index (χ0) is 25.5. The lowest BCUT2D eigenvalue weighted by Crippen LogP contribution is -2.45. The van der Waals surface area contributed by atoms with E-state index in [4.69, 9.17) is 9.57 Å². The average Bonchev–Trinajstić information content (AvgIpc) is 3.38. The highest BCUT2D eigenvalue weighted by Gasteiger charge is 2.48. The average molecular weight is 487 g/mol. The Morgan fingerprint density at radius 2 is 1.86 bits per heavy atom. The lowest BCUT2D eigenvalue weighted by atomic mass is 9.78. The summed E-state index contributed by atoms with van der Waals surface area (Å²) in [6.07, 6.45) is 0.825. The maximum absolute atomic E-state index is 12.2. The number of ether oxygens (including phenoxy) is 1. The van der Waals surface area contributed by atoms with Crippen molar-refractivity contribution < 1.29 is 19.2 Å². The highest BCUT2D eigenvalue weighted by Crippen LogP contribution is 2.43. The minimum atomic E-state index is -1.03. The van der Waals surface area contributed by atoms with Crippen LogP contribution in [0, 0.1) is 12.8 Å². The van der Waals surface area contributed by atoms with Crippen molar-refractivity contribution in [1.29, 1.82) is 0 Å². The second-order valence-corrected chi connectivity index (χ2v) is 10.1. The van der Waals surface area contributed by atoms with E-state index in [1.54, 1.807) is 6.92 Å². The molecule has 2 N–H and O–H groups in total. The molecule has 186 valence electrons. The molecule has 8 nitrogen and oxygen atoms in total. The van der Waals surface area contributed by atoms with E-state index >= 15 is 0 Å². The monoisotopic (exact) mass is 486 g/mol. The second-order valence-electron chi connectivity index (χ2n) is 10.1. The summed E-state index contributed by atoms with van der Waals surface area (Å²) in [6.45, 7) is 8.30. The third-order valence-electron chi connectivity index (χ3n) is 7.08. The number of pyridine rings is 1. The molecule has 3 aromatic rings. The highest BCUT2D eigenvalue weighted by molar-refractivity contribution is 6.09. The van der Waals surface area contributed by atoms with Gasteiger partial charge in [0.2, 0.25) is 0 Å². The van der Waals surface area contributed by atoms with E-state index in [-0.39, 0.29) is 11.8 Å². The normalized spacial score (nSPS) is 23.4. The van der Waals surface area contributed by atoms with Gasteiger partial charge in [-0.3, -0.25) is 15.1 Å². The lowest BCUT2D eigenvalue weighted by molar-refractivity contribution is -0.123. The molecule has 3 amide bonds. The number of fused-ring (bicyclic) bond motifs is 1. The van der Waals surface area contributed by atoms with Crippen LogP contribution < -0.4 is 15.4 Å². The Labute approximate surface area is 210 Å². The van der Waals surface area contributed by atoms with Crippen LogP contribution in [0.5, 0.6) is 5.75 Å². The summed E-state index contributed by atoms with van der Waals surface area (Å²) in [6, 6.07) is 17.6. The van der Waals surface area contributed by atoms with Gasteiger partial charge in [-0.15, -0.1) is 0 Å². The van der Waals surface area contributed by atoms with Crippen molar-refractivity contribution in [3.8, 4) is 5.75 Å². The van der Waals surface area contributed by atoms with Gasteiger partial charge in [0.1, 0.15) is 17.9 Å². The molecule has 0 spiro atoms. The third-order valence-corrected chi connectivity index (χ3v) is 7.08. The van der Waals surface area contributed by atoms with Crippen molar-refractivity contribution in [1.82, 2.24) is 15.6 Å². The quantitative estimate of drug-likeness (QED) is 0.470. The maximum Gasteiger partial charge on any atom is 0.322 e. The van der Waals surface area contributed by atoms with Gasteiger partial charge in [-0.25, -0.2) is 4.79 Å². The minimum Gasteiger partial charge on any atom is -0.489 e. The highest BCUT2D eigenvalue weighted by atomic mass is 16.7. The number of aromatic nitrogens is 1. The minimum absolute atomic E-state index is 0.122. The van der Waals surface area contributed by atoms with E-state index in [1.165, 1.54) is 0 Å². The van der Waals surface area contributed by atoms with Gasteiger partial charge in [0.05, 0.1) is 11.2 Å². The molecular weight excluding hydrogens is 456 g/mol. The SMILES string of the molecule is Cc1cc(COc2ccc(C3(C(C)C)CC(CC4(C)NC(=O)NC4=O)=NO3)cc2)c2ccccc2n1. The Hall–Kier alpha value is -3.94. The number of aryl methyl sites for hydroxylation is 1. The van der Waals surface area contributed by atoms with Crippen LogP contribution in [0.2, 0.25) is 0 Å². The van der Waals surface area contributed by atoms with Crippen molar-refractivity contribution in [2.75, 3.05) is 0 Å². The van der Waals surface area contributed by atoms with Gasteiger partial charge in [-0.1, -0.05) is 49.3 Å². The molecule has 1 aromatic heterocycles. The number of amides is 3. The number of benzene rings is 2. The Balaban J connectivity index is 1.30. The predicted octanol–water partition coefficient (Wildman–Crippen LogP) is 4.74. The van der Waals surface area contributed by atoms with E-state index in [2.05, 4.69) is 46.8 Å². The van der Waals surface area contributed by atoms with Crippen molar-refractivity contribution in [3.63, 3.8) is 0 Å². The number of hydrogen-bond donors (Lipinski definition) is 2. The predicted molar refractivity (Wildman–Crippen MR) is 137 cm³/mol. The smallest absolute Gasteiger partial charge is 0.322 e. The number of nitrogens with zero attached hydrogens (tertiary/aromatic N) is 2. The van der Waals surface area contributed by atoms with E-state index in [0.29, 0.717) is 19.4 Å². The number of oxime groups is 1. The number of urea groups is 1. The van der Waals surface area contributed by atoms with Crippen LogP contribution in [0.15, 0.2) is 59.8 Å². The number of nitrogens with one attached hydrogen (secondary N) is 2. The fraction of sp³-hybridized carbons (Fsp3) is 0.357. The number of carbonyl (C=O) groups excluding carboxylic acids is 2. The summed E-state index contributed by atoms with van der Waals surface area (Å²) in [4.78, 5) is 34.5. The molecule has 0 saturated carbocycles. The standard InChI is InChI=1S/C28H30N4O4/c1-17(2)28(15-21(32-36-28)14-27(4)25(33)30-26(34)31-27)20-9-11-22(12-10-20)35-16-19-13-18(3)29-24-8-6-5-7-23(19)24/h5-13,17H,14-16H2,1-4H3,(H2,30,31,33,34). The van der Waals surface area contributed by atoms with Gasteiger partial charge in [-0.05, 0) is 43.7 Å². The molecule has 0 radical (unpaired) electrons. The molecule has 2 aromatic carbocycles. The molecule has 2 aliphatic rings. The Morgan fingerprint density at radius 3 is 2.56 bits per heavy atom. The number of para-hydroxylation sites is 1. The Bertz CT molecular complexity index is 1370. The summed E-state index contributed by atoms with van der Waals surface area (Å²) < 4.78 is 6.13. The number of imide groups is 1. The van der Waals surface area contributed by atoms with Crippen LogP contribution >= 0.6 is 0 Å². The Kier molecular flexibility index (Phi) is 5.90. The molecule has 0 bridgehead atoms. The molecule has 2 aliphatic heterocycles. The lowest BCUT2D eigenvalue weighted by Gasteiger charge is -2.31. The third kappa shape index (κ3) is 4.27. The number of hydrogen-bond acceptors (Lipinski definition) is 6. The van der Waals surface area contributed by atoms with E-state index in [0.717, 1.165) is 39.2 Å². The van der Waals surface area contributed by atoms with Crippen LogP contribution in [0.3, 0.4) is 0 Å². The van der Waals surface area contributed by atoms with Crippen LogP contribution in [-0.4, -0.2) is 28.2 Å². The summed E-state index contributed by atoms with van der Waals surface area (Å²) in [7, 11) is 0. The molecule has 0 aliphatic carbocycles. The van der Waals surface area contributed by atoms with Crippen molar-refractivity contribution in [3.05, 3.63) is 71.4 Å². The summed E-state index contributed by atoms with van der Waals surface area (Å²) in [5.41, 5.74) is 3.06. The van der Waals surface area contributed by atoms with Crippen LogP contribution in [0.1, 0.15) is 50.4 Å². The first-order valence-corrected chi connectivity index (χ1v) is 12.1. The molecule has 1 fully saturated rings. The summed E-state index contributed by atoms with van der Waals surface area (Å²) in [5, 5.41) is 10.4. The van der Waals surface area contributed by atoms with Crippen LogP contribution in [0.4, 0.5) is 4.79 Å². The molecule has 2 atom stereocenters. The molecule has 8 heteroatoms. The summed E-state index contributed by atoms with van der Waals surface area (Å²) in [5.74, 6) is 0.528. The maximum atomic E-state index is 12.2. The van der Waals surface area contributed by atoms with Gasteiger partial charge in [0.25, 0.3) is 5.91 Å². The van der Waals surface area contributed by atoms with Crippen molar-refractivity contribution in [2.24, 2.45) is 11.1 Å². The van der Waals surface area contributed by atoms with Crippen LogP contribution in [0.25, 0.3) is 10.9 Å². The van der Waals surface area contributed by atoms with Gasteiger partial charge in [0, 0.05) is 35.4 Å². The molecule has 2 unspecified atom stereocenters. The molecule has 5 rings (SSSR count). The molecule has 3 heterocycles. The molecule has 36 heavy (non-hydrogen) atoms. The largest absolute Gasteiger partial charge is 0.489 e. The van der Waals surface area contributed by atoms with E-state index < -0.39 is 17.2 Å². The first-order valence-electron chi connectivity index (χ1n) is 12.1. The van der Waals surface area contributed by atoms with E-state index in [1.807, 2.05) is 49.4 Å².